The molecule has 0 bridgehead atoms. The van der Waals surface area contributed by atoms with Gasteiger partial charge in [-0.25, -0.2) is 0 Å². The summed E-state index contributed by atoms with van der Waals surface area (Å²) in [5.41, 5.74) is 1.27. The third-order valence-electron chi connectivity index (χ3n) is 0.863. The largest absolute Gasteiger partial charge is 2.00 e. The summed E-state index contributed by atoms with van der Waals surface area (Å²) in [5, 5.41) is 0. The standard InChI is InChI=1S/C7H7.BrH.ClH.Mg/c1-7-5-3-2-4-6-7;;;/h2-3,5-6H,1H3;2*1H;/q-1;;;+2/p-1. The Morgan fingerprint density at radius 3 is 2.20 bits per heavy atom. The van der Waals surface area contributed by atoms with E-state index < -0.39 is 0 Å². The molecule has 0 fully saturated rings. The molecule has 1 rings (SSSR count). The minimum Gasteiger partial charge on any atom is -1.00 e. The van der Waals surface area contributed by atoms with Crippen molar-refractivity contribution in [2.45, 2.75) is 6.92 Å². The first-order valence-electron chi connectivity index (χ1n) is 2.32. The number of halogens is 2. The van der Waals surface area contributed by atoms with Crippen LogP contribution >= 0.6 is 17.0 Å². The van der Waals surface area contributed by atoms with E-state index in [1.807, 2.05) is 18.2 Å². The Morgan fingerprint density at radius 2 is 2.00 bits per heavy atom. The Morgan fingerprint density at radius 1 is 1.40 bits per heavy atom. The fourth-order valence-corrected chi connectivity index (χ4v) is 0.483. The maximum Gasteiger partial charge on any atom is 2.00 e. The van der Waals surface area contributed by atoms with Crippen LogP contribution in [0.25, 0.3) is 0 Å². The summed E-state index contributed by atoms with van der Waals surface area (Å²) in [6, 6.07) is 10.8. The molecule has 0 amide bonds. The van der Waals surface area contributed by atoms with E-state index in [-0.39, 0.29) is 52.4 Å². The smallest absolute Gasteiger partial charge is 1.00 e. The molecule has 0 nitrogen and oxygen atoms in total. The fourth-order valence-electron chi connectivity index (χ4n) is 0.483. The predicted octanol–water partition coefficient (Wildman–Crippen LogP) is -1.00. The van der Waals surface area contributed by atoms with Crippen LogP contribution in [-0.4, -0.2) is 23.1 Å². The Bertz CT molecular complexity index is 144. The minimum absolute atomic E-state index is 0. The van der Waals surface area contributed by atoms with Gasteiger partial charge >= 0.3 is 23.1 Å². The summed E-state index contributed by atoms with van der Waals surface area (Å²) >= 11 is 0. The van der Waals surface area contributed by atoms with Crippen molar-refractivity contribution in [1.82, 2.24) is 0 Å². The summed E-state index contributed by atoms with van der Waals surface area (Å²) in [6.45, 7) is 2.05. The van der Waals surface area contributed by atoms with E-state index >= 15 is 0 Å². The zero-order valence-corrected chi connectivity index (χ0v) is 9.69. The van der Waals surface area contributed by atoms with Gasteiger partial charge in [-0.05, 0) is 0 Å². The molecule has 0 aliphatic rings. The van der Waals surface area contributed by atoms with Gasteiger partial charge in [0.05, 0.1) is 0 Å². The van der Waals surface area contributed by atoms with Crippen LogP contribution in [0.4, 0.5) is 0 Å². The molecule has 0 aliphatic carbocycles. The molecular weight excluding hydrogens is 224 g/mol. The topological polar surface area (TPSA) is 0 Å². The van der Waals surface area contributed by atoms with Crippen molar-refractivity contribution in [2.24, 2.45) is 0 Å². The quantitative estimate of drug-likeness (QED) is 0.397. The maximum atomic E-state index is 2.96. The minimum atomic E-state index is 0. The van der Waals surface area contributed by atoms with Gasteiger partial charge in [0, 0.05) is 0 Å². The molecule has 0 heterocycles. The Balaban J connectivity index is -0.000000163. The molecule has 10 heavy (non-hydrogen) atoms. The Hall–Kier alpha value is 0.756. The van der Waals surface area contributed by atoms with Gasteiger partial charge in [0.2, 0.25) is 0 Å². The first kappa shape index (κ1) is 17.0. The molecular formula is C7H8BrClMg. The van der Waals surface area contributed by atoms with E-state index in [1.165, 1.54) is 5.56 Å². The van der Waals surface area contributed by atoms with Gasteiger partial charge in [0.1, 0.15) is 0 Å². The van der Waals surface area contributed by atoms with Crippen molar-refractivity contribution in [2.75, 3.05) is 0 Å². The van der Waals surface area contributed by atoms with Crippen molar-refractivity contribution in [3.8, 4) is 0 Å². The fraction of sp³-hybridized carbons (Fsp3) is 0.143. The van der Waals surface area contributed by atoms with Gasteiger partial charge in [-0.2, -0.15) is 35.9 Å². The van der Waals surface area contributed by atoms with Crippen LogP contribution in [0.1, 0.15) is 5.56 Å². The summed E-state index contributed by atoms with van der Waals surface area (Å²) in [7, 11) is 0. The van der Waals surface area contributed by atoms with Crippen molar-refractivity contribution in [3.05, 3.63) is 35.9 Å². The second kappa shape index (κ2) is 9.76. The second-order valence-electron chi connectivity index (χ2n) is 1.58. The van der Waals surface area contributed by atoms with E-state index in [9.17, 15) is 0 Å². The summed E-state index contributed by atoms with van der Waals surface area (Å²) in [4.78, 5) is 0. The summed E-state index contributed by atoms with van der Waals surface area (Å²) < 4.78 is 0. The molecule has 0 unspecified atom stereocenters. The number of hydrogen-bond donors (Lipinski definition) is 0. The zero-order valence-electron chi connectivity index (χ0n) is 5.80. The van der Waals surface area contributed by atoms with Crippen molar-refractivity contribution in [3.63, 3.8) is 0 Å². The predicted molar refractivity (Wildman–Crippen MR) is 46.1 cm³/mol. The van der Waals surface area contributed by atoms with Gasteiger partial charge in [-0.1, -0.05) is 6.92 Å². The first-order valence-corrected chi connectivity index (χ1v) is 2.32. The zero-order chi connectivity index (χ0) is 5.11. The van der Waals surface area contributed by atoms with Crippen LogP contribution in [0.3, 0.4) is 0 Å². The Labute approximate surface area is 94.7 Å². The number of hydrogen-bond acceptors (Lipinski definition) is 0. The van der Waals surface area contributed by atoms with E-state index in [1.54, 1.807) is 0 Å². The average molecular weight is 232 g/mol. The number of benzene rings is 1. The number of aryl methyl sites for hydroxylation is 1. The van der Waals surface area contributed by atoms with Gasteiger partial charge in [-0.3, -0.25) is 0 Å². The molecule has 0 N–H and O–H groups in total. The van der Waals surface area contributed by atoms with Crippen molar-refractivity contribution >= 4 is 40.0 Å². The van der Waals surface area contributed by atoms with E-state index in [0.29, 0.717) is 0 Å². The van der Waals surface area contributed by atoms with E-state index in [4.69, 9.17) is 0 Å². The molecule has 0 aromatic heterocycles. The van der Waals surface area contributed by atoms with Crippen molar-refractivity contribution < 1.29 is 12.4 Å². The molecule has 0 saturated carbocycles. The molecule has 52 valence electrons. The van der Waals surface area contributed by atoms with Gasteiger partial charge in [-0.15, -0.1) is 17.0 Å². The van der Waals surface area contributed by atoms with Gasteiger partial charge in [0.15, 0.2) is 0 Å². The summed E-state index contributed by atoms with van der Waals surface area (Å²) in [5.74, 6) is 0. The van der Waals surface area contributed by atoms with Crippen LogP contribution < -0.4 is 12.4 Å². The van der Waals surface area contributed by atoms with E-state index in [0.717, 1.165) is 0 Å². The van der Waals surface area contributed by atoms with Crippen LogP contribution in [0.2, 0.25) is 0 Å². The third kappa shape index (κ3) is 6.87. The molecule has 0 spiro atoms. The monoisotopic (exact) mass is 230 g/mol. The first-order chi connectivity index (χ1) is 3.39. The van der Waals surface area contributed by atoms with Crippen LogP contribution in [-0.2, 0) is 0 Å². The van der Waals surface area contributed by atoms with Crippen molar-refractivity contribution in [1.29, 1.82) is 0 Å². The molecule has 0 aliphatic heterocycles. The molecule has 0 saturated heterocycles. The molecule has 1 aromatic carbocycles. The van der Waals surface area contributed by atoms with Crippen LogP contribution in [0.15, 0.2) is 24.3 Å². The number of rotatable bonds is 0. The maximum absolute atomic E-state index is 2.96. The van der Waals surface area contributed by atoms with E-state index in [2.05, 4.69) is 19.1 Å². The molecule has 0 atom stereocenters. The SMILES string of the molecule is Br.Cc1c[c-]ccc1.[Cl-].[Mg+2]. The van der Waals surface area contributed by atoms with Crippen LogP contribution in [0.5, 0.6) is 0 Å². The van der Waals surface area contributed by atoms with Gasteiger partial charge in [0.25, 0.3) is 0 Å². The summed E-state index contributed by atoms with van der Waals surface area (Å²) in [6.07, 6.45) is 0. The normalized spacial score (nSPS) is 6.10. The molecule has 3 heteroatoms. The second-order valence-corrected chi connectivity index (χ2v) is 1.58. The molecule has 0 radical (unpaired) electrons. The average Bonchev–Trinajstić information content (AvgIpc) is 1.69. The van der Waals surface area contributed by atoms with Crippen LogP contribution in [0, 0.1) is 13.0 Å². The third-order valence-corrected chi connectivity index (χ3v) is 0.863. The Kier molecular flexibility index (Phi) is 16.6. The van der Waals surface area contributed by atoms with Gasteiger partial charge < -0.3 is 12.4 Å². The molecule has 1 aromatic rings.